The fraction of sp³-hybridized carbons (Fsp3) is 0.273. The maximum absolute atomic E-state index is 8.77. The summed E-state index contributed by atoms with van der Waals surface area (Å²) in [5.41, 5.74) is 1.51. The van der Waals surface area contributed by atoms with Crippen LogP contribution < -0.4 is 5.32 Å². The van der Waals surface area contributed by atoms with Gasteiger partial charge in [0, 0.05) is 0 Å². The Morgan fingerprint density at radius 1 is 1.33 bits per heavy atom. The fourth-order valence-electron chi connectivity index (χ4n) is 1.46. The van der Waals surface area contributed by atoms with Crippen LogP contribution in [0.1, 0.15) is 5.69 Å². The third-order valence-corrected chi connectivity index (χ3v) is 3.15. The lowest BCUT2D eigenvalue weighted by Gasteiger charge is -2.07. The highest BCUT2D eigenvalue weighted by molar-refractivity contribution is 6.43. The number of nitrogens with one attached hydrogen (secondary N) is 1. The third kappa shape index (κ3) is 3.13. The largest absolute Gasteiger partial charge is 0.394 e. The van der Waals surface area contributed by atoms with Crippen LogP contribution in [0.25, 0.3) is 0 Å². The highest BCUT2D eigenvalue weighted by Crippen LogP contribution is 2.29. The first-order valence-corrected chi connectivity index (χ1v) is 6.14. The van der Waals surface area contributed by atoms with Crippen molar-refractivity contribution in [3.8, 4) is 0 Å². The molecular weight excluding hydrogens is 275 g/mol. The van der Waals surface area contributed by atoms with Gasteiger partial charge in [-0.1, -0.05) is 34.5 Å². The number of aromatic nitrogens is 3. The zero-order valence-electron chi connectivity index (χ0n) is 9.48. The number of anilines is 1. The summed E-state index contributed by atoms with van der Waals surface area (Å²) in [6.45, 7) is 0.965. The van der Waals surface area contributed by atoms with E-state index in [1.807, 2.05) is 12.1 Å². The second-order valence-electron chi connectivity index (χ2n) is 3.65. The number of hydrogen-bond donors (Lipinski definition) is 2. The first kappa shape index (κ1) is 13.1. The lowest BCUT2D eigenvalue weighted by molar-refractivity contribution is 0.268. The van der Waals surface area contributed by atoms with E-state index in [9.17, 15) is 0 Å². The molecular formula is C11H12Cl2N4O. The van der Waals surface area contributed by atoms with Gasteiger partial charge in [-0.25, -0.2) is 4.68 Å². The predicted octanol–water partition coefficient (Wildman–Crippen LogP) is 2.19. The minimum atomic E-state index is 0.0380. The van der Waals surface area contributed by atoms with Crippen LogP contribution in [0, 0.1) is 0 Å². The monoisotopic (exact) mass is 286 g/mol. The van der Waals surface area contributed by atoms with Crippen LogP contribution in [0.15, 0.2) is 24.4 Å². The summed E-state index contributed by atoms with van der Waals surface area (Å²) in [5, 5.41) is 20.7. The molecule has 0 bridgehead atoms. The Balaban J connectivity index is 2.00. The maximum atomic E-state index is 8.77. The number of benzene rings is 1. The smallest absolute Gasteiger partial charge is 0.102 e. The molecule has 0 saturated heterocycles. The van der Waals surface area contributed by atoms with Crippen molar-refractivity contribution >= 4 is 28.9 Å². The molecule has 0 saturated carbocycles. The normalized spacial score (nSPS) is 10.6. The van der Waals surface area contributed by atoms with Gasteiger partial charge in [0.15, 0.2) is 0 Å². The van der Waals surface area contributed by atoms with Crippen LogP contribution in [0.5, 0.6) is 0 Å². The van der Waals surface area contributed by atoms with E-state index in [1.54, 1.807) is 16.9 Å². The highest BCUT2D eigenvalue weighted by Gasteiger charge is 2.05. The van der Waals surface area contributed by atoms with Gasteiger partial charge in [0.1, 0.15) is 5.69 Å². The molecule has 96 valence electrons. The molecule has 5 nitrogen and oxygen atoms in total. The van der Waals surface area contributed by atoms with Gasteiger partial charge in [-0.2, -0.15) is 0 Å². The van der Waals surface area contributed by atoms with E-state index in [2.05, 4.69) is 15.6 Å². The van der Waals surface area contributed by atoms with Crippen molar-refractivity contribution in [2.75, 3.05) is 11.9 Å². The number of aliphatic hydroxyl groups excluding tert-OH is 1. The van der Waals surface area contributed by atoms with Crippen molar-refractivity contribution in [1.29, 1.82) is 0 Å². The van der Waals surface area contributed by atoms with Crippen molar-refractivity contribution in [2.45, 2.75) is 13.1 Å². The van der Waals surface area contributed by atoms with Crippen LogP contribution in [0.3, 0.4) is 0 Å². The number of aliphatic hydroxyl groups is 1. The molecule has 2 aromatic rings. The summed E-state index contributed by atoms with van der Waals surface area (Å²) in [6.07, 6.45) is 1.77. The predicted molar refractivity (Wildman–Crippen MR) is 70.9 cm³/mol. The van der Waals surface area contributed by atoms with Crippen molar-refractivity contribution in [1.82, 2.24) is 15.0 Å². The van der Waals surface area contributed by atoms with Gasteiger partial charge < -0.3 is 10.4 Å². The molecule has 0 fully saturated rings. The average Bonchev–Trinajstić information content (AvgIpc) is 2.79. The van der Waals surface area contributed by atoms with Gasteiger partial charge in [0.05, 0.1) is 41.6 Å². The molecule has 1 aromatic heterocycles. The Morgan fingerprint density at radius 2 is 2.17 bits per heavy atom. The summed E-state index contributed by atoms with van der Waals surface area (Å²) >= 11 is 12.0. The lowest BCUT2D eigenvalue weighted by Crippen LogP contribution is -2.02. The molecule has 0 radical (unpaired) electrons. The zero-order chi connectivity index (χ0) is 13.0. The van der Waals surface area contributed by atoms with E-state index in [0.717, 1.165) is 11.4 Å². The first-order chi connectivity index (χ1) is 8.70. The minimum Gasteiger partial charge on any atom is -0.394 e. The van der Waals surface area contributed by atoms with E-state index in [0.29, 0.717) is 23.1 Å². The van der Waals surface area contributed by atoms with Gasteiger partial charge in [0.25, 0.3) is 0 Å². The minimum absolute atomic E-state index is 0.0380. The quantitative estimate of drug-likeness (QED) is 0.885. The average molecular weight is 287 g/mol. The Kier molecular flexibility index (Phi) is 4.41. The Morgan fingerprint density at radius 3 is 2.94 bits per heavy atom. The zero-order valence-corrected chi connectivity index (χ0v) is 11.0. The molecule has 0 aliphatic carbocycles. The molecule has 2 N–H and O–H groups in total. The van der Waals surface area contributed by atoms with Crippen molar-refractivity contribution in [2.24, 2.45) is 0 Å². The van der Waals surface area contributed by atoms with E-state index in [1.165, 1.54) is 0 Å². The van der Waals surface area contributed by atoms with Crippen LogP contribution in [-0.4, -0.2) is 26.7 Å². The molecule has 1 aromatic carbocycles. The molecule has 0 aliphatic rings. The second kappa shape index (κ2) is 6.04. The molecule has 0 unspecified atom stereocenters. The molecule has 18 heavy (non-hydrogen) atoms. The fourth-order valence-corrected chi connectivity index (χ4v) is 1.82. The topological polar surface area (TPSA) is 63.0 Å². The molecule has 2 rings (SSSR count). The van der Waals surface area contributed by atoms with Crippen molar-refractivity contribution in [3.05, 3.63) is 40.1 Å². The van der Waals surface area contributed by atoms with E-state index < -0.39 is 0 Å². The summed E-state index contributed by atoms with van der Waals surface area (Å²) in [6, 6.07) is 5.39. The van der Waals surface area contributed by atoms with Crippen molar-refractivity contribution in [3.63, 3.8) is 0 Å². The van der Waals surface area contributed by atoms with Crippen molar-refractivity contribution < 1.29 is 5.11 Å². The Bertz CT molecular complexity index is 530. The summed E-state index contributed by atoms with van der Waals surface area (Å²) in [4.78, 5) is 0. The highest BCUT2D eigenvalue weighted by atomic mass is 35.5. The lowest BCUT2D eigenvalue weighted by atomic mass is 10.3. The van der Waals surface area contributed by atoms with Gasteiger partial charge in [-0.15, -0.1) is 5.10 Å². The van der Waals surface area contributed by atoms with E-state index in [-0.39, 0.29) is 6.61 Å². The molecule has 7 heteroatoms. The number of halogens is 2. The van der Waals surface area contributed by atoms with Gasteiger partial charge in [-0.05, 0) is 12.1 Å². The Hall–Kier alpha value is -1.30. The molecule has 0 atom stereocenters. The summed E-state index contributed by atoms with van der Waals surface area (Å²) in [5.74, 6) is 0. The number of nitrogens with zero attached hydrogens (tertiary/aromatic N) is 3. The second-order valence-corrected chi connectivity index (χ2v) is 4.44. The van der Waals surface area contributed by atoms with Crippen LogP contribution in [0.4, 0.5) is 5.69 Å². The molecule has 0 aliphatic heterocycles. The molecule has 0 spiro atoms. The van der Waals surface area contributed by atoms with Gasteiger partial charge >= 0.3 is 0 Å². The van der Waals surface area contributed by atoms with Crippen LogP contribution >= 0.6 is 23.2 Å². The standard InChI is InChI=1S/C11H12Cl2N4O/c12-9-2-1-3-10(11(9)13)14-6-8-7-17(4-5-18)16-15-8/h1-3,7,14,18H,4-6H2. The van der Waals surface area contributed by atoms with Crippen LogP contribution in [0.2, 0.25) is 10.0 Å². The SMILES string of the molecule is OCCn1cc(CNc2cccc(Cl)c2Cl)nn1. The molecule has 1 heterocycles. The van der Waals surface area contributed by atoms with E-state index in [4.69, 9.17) is 28.3 Å². The van der Waals surface area contributed by atoms with Gasteiger partial charge in [0.2, 0.25) is 0 Å². The van der Waals surface area contributed by atoms with E-state index >= 15 is 0 Å². The van der Waals surface area contributed by atoms with Crippen LogP contribution in [-0.2, 0) is 13.1 Å². The summed E-state index contributed by atoms with van der Waals surface area (Å²) in [7, 11) is 0. The number of rotatable bonds is 5. The Labute approximate surface area is 114 Å². The number of hydrogen-bond acceptors (Lipinski definition) is 4. The van der Waals surface area contributed by atoms with Gasteiger partial charge in [-0.3, -0.25) is 0 Å². The first-order valence-electron chi connectivity index (χ1n) is 5.38. The third-order valence-electron chi connectivity index (χ3n) is 2.33. The summed E-state index contributed by atoms with van der Waals surface area (Å²) < 4.78 is 1.58. The molecule has 0 amide bonds. The maximum Gasteiger partial charge on any atom is 0.102 e.